The topological polar surface area (TPSA) is 64.3 Å². The Morgan fingerprint density at radius 3 is 2.53 bits per heavy atom. The van der Waals surface area contributed by atoms with Crippen molar-refractivity contribution >= 4 is 18.3 Å². The molecule has 0 bridgehead atoms. The predicted octanol–water partition coefficient (Wildman–Crippen LogP) is 1.47. The average molecular weight is 259 g/mol. The molecule has 1 aromatic rings. The van der Waals surface area contributed by atoms with E-state index in [1.807, 2.05) is 24.3 Å². The number of hydrogen-bond donors (Lipinski definition) is 2. The first kappa shape index (κ1) is 15.7. The fraction of sp³-hybridized carbons (Fsp3) is 0.417. The van der Waals surface area contributed by atoms with Crippen LogP contribution in [-0.2, 0) is 11.3 Å². The van der Waals surface area contributed by atoms with Gasteiger partial charge in [-0.2, -0.15) is 0 Å². The van der Waals surface area contributed by atoms with Gasteiger partial charge in [-0.3, -0.25) is 4.79 Å². The Bertz CT molecular complexity index is 328. The first-order valence-corrected chi connectivity index (χ1v) is 5.44. The van der Waals surface area contributed by atoms with E-state index >= 15 is 0 Å². The third-order valence-electron chi connectivity index (χ3n) is 2.07. The van der Waals surface area contributed by atoms with E-state index in [0.29, 0.717) is 6.54 Å². The van der Waals surface area contributed by atoms with Crippen molar-refractivity contribution in [1.29, 1.82) is 0 Å². The van der Waals surface area contributed by atoms with E-state index in [0.717, 1.165) is 24.3 Å². The summed E-state index contributed by atoms with van der Waals surface area (Å²) < 4.78 is 5.45. The van der Waals surface area contributed by atoms with Crippen LogP contribution >= 0.6 is 12.4 Å². The molecular weight excluding hydrogens is 240 g/mol. The van der Waals surface area contributed by atoms with Gasteiger partial charge in [0.2, 0.25) is 5.91 Å². The second-order valence-electron chi connectivity index (χ2n) is 3.47. The van der Waals surface area contributed by atoms with Crippen molar-refractivity contribution in [3.05, 3.63) is 29.8 Å². The van der Waals surface area contributed by atoms with Crippen LogP contribution in [0.4, 0.5) is 0 Å². The zero-order valence-corrected chi connectivity index (χ0v) is 10.8. The van der Waals surface area contributed by atoms with E-state index in [-0.39, 0.29) is 24.9 Å². The third-order valence-corrected chi connectivity index (χ3v) is 2.07. The van der Waals surface area contributed by atoms with E-state index in [1.54, 1.807) is 0 Å². The second kappa shape index (κ2) is 8.84. The number of ether oxygens (including phenoxy) is 1. The molecule has 0 aliphatic heterocycles. The summed E-state index contributed by atoms with van der Waals surface area (Å²) in [5, 5.41) is 2.71. The predicted molar refractivity (Wildman–Crippen MR) is 70.4 cm³/mol. The van der Waals surface area contributed by atoms with Gasteiger partial charge in [-0.25, -0.2) is 0 Å². The van der Waals surface area contributed by atoms with E-state index in [9.17, 15) is 4.79 Å². The number of rotatable bonds is 6. The van der Waals surface area contributed by atoms with Crippen LogP contribution in [0.2, 0.25) is 0 Å². The summed E-state index contributed by atoms with van der Waals surface area (Å²) in [4.78, 5) is 10.9. The second-order valence-corrected chi connectivity index (χ2v) is 3.47. The SMILES string of the molecule is CCCOc1ccc(CNC(=O)CN)cc1.Cl. The van der Waals surface area contributed by atoms with Crippen molar-refractivity contribution in [2.45, 2.75) is 19.9 Å². The molecule has 5 heteroatoms. The number of amides is 1. The van der Waals surface area contributed by atoms with Crippen molar-refractivity contribution < 1.29 is 9.53 Å². The van der Waals surface area contributed by atoms with Crippen LogP contribution in [0.1, 0.15) is 18.9 Å². The number of nitrogens with one attached hydrogen (secondary N) is 1. The molecule has 0 heterocycles. The largest absolute Gasteiger partial charge is 0.494 e. The first-order valence-electron chi connectivity index (χ1n) is 5.44. The maximum absolute atomic E-state index is 10.9. The molecule has 1 rings (SSSR count). The molecule has 3 N–H and O–H groups in total. The molecule has 0 unspecified atom stereocenters. The summed E-state index contributed by atoms with van der Waals surface area (Å²) >= 11 is 0. The smallest absolute Gasteiger partial charge is 0.234 e. The molecule has 0 radical (unpaired) electrons. The minimum absolute atomic E-state index is 0. The number of halogens is 1. The Hall–Kier alpha value is -1.26. The summed E-state index contributed by atoms with van der Waals surface area (Å²) in [6, 6.07) is 7.67. The van der Waals surface area contributed by atoms with Gasteiger partial charge in [0, 0.05) is 6.54 Å². The van der Waals surface area contributed by atoms with Crippen LogP contribution in [0.15, 0.2) is 24.3 Å². The number of benzene rings is 1. The van der Waals surface area contributed by atoms with Gasteiger partial charge >= 0.3 is 0 Å². The molecular formula is C12H19ClN2O2. The van der Waals surface area contributed by atoms with Crippen LogP contribution in [0.5, 0.6) is 5.75 Å². The van der Waals surface area contributed by atoms with Gasteiger partial charge in [0.05, 0.1) is 13.2 Å². The summed E-state index contributed by atoms with van der Waals surface area (Å²) in [6.45, 7) is 3.32. The van der Waals surface area contributed by atoms with Gasteiger partial charge < -0.3 is 15.8 Å². The van der Waals surface area contributed by atoms with Crippen LogP contribution in [0.25, 0.3) is 0 Å². The van der Waals surface area contributed by atoms with Crippen molar-refractivity contribution in [2.24, 2.45) is 5.73 Å². The van der Waals surface area contributed by atoms with Crippen molar-refractivity contribution in [3.8, 4) is 5.75 Å². The molecule has 0 aliphatic carbocycles. The number of carbonyl (C=O) groups is 1. The molecule has 0 spiro atoms. The number of nitrogens with two attached hydrogens (primary N) is 1. The summed E-state index contributed by atoms with van der Waals surface area (Å²) in [5.41, 5.74) is 6.22. The third kappa shape index (κ3) is 6.14. The minimum Gasteiger partial charge on any atom is -0.494 e. The lowest BCUT2D eigenvalue weighted by Crippen LogP contribution is -2.29. The van der Waals surface area contributed by atoms with Gasteiger partial charge in [-0.15, -0.1) is 12.4 Å². The first-order chi connectivity index (χ1) is 7.76. The van der Waals surface area contributed by atoms with E-state index in [1.165, 1.54) is 0 Å². The summed E-state index contributed by atoms with van der Waals surface area (Å²) in [6.07, 6.45) is 0.994. The molecule has 0 aromatic heterocycles. The van der Waals surface area contributed by atoms with Gasteiger partial charge in [-0.1, -0.05) is 19.1 Å². The summed E-state index contributed by atoms with van der Waals surface area (Å²) in [7, 11) is 0. The van der Waals surface area contributed by atoms with E-state index in [4.69, 9.17) is 10.5 Å². The monoisotopic (exact) mass is 258 g/mol. The molecule has 0 saturated carbocycles. The highest BCUT2D eigenvalue weighted by Crippen LogP contribution is 2.12. The molecule has 0 saturated heterocycles. The van der Waals surface area contributed by atoms with Crippen LogP contribution < -0.4 is 15.8 Å². The lowest BCUT2D eigenvalue weighted by atomic mass is 10.2. The molecule has 1 amide bonds. The van der Waals surface area contributed by atoms with Crippen molar-refractivity contribution in [2.75, 3.05) is 13.2 Å². The van der Waals surface area contributed by atoms with Gasteiger partial charge in [0.15, 0.2) is 0 Å². The maximum atomic E-state index is 10.9. The normalized spacial score (nSPS) is 9.29. The zero-order chi connectivity index (χ0) is 11.8. The van der Waals surface area contributed by atoms with Crippen LogP contribution in [-0.4, -0.2) is 19.1 Å². The molecule has 17 heavy (non-hydrogen) atoms. The molecule has 96 valence electrons. The Morgan fingerprint density at radius 2 is 2.00 bits per heavy atom. The fourth-order valence-corrected chi connectivity index (χ4v) is 1.20. The maximum Gasteiger partial charge on any atom is 0.234 e. The fourth-order valence-electron chi connectivity index (χ4n) is 1.20. The average Bonchev–Trinajstić information content (AvgIpc) is 2.34. The lowest BCUT2D eigenvalue weighted by molar-refractivity contribution is -0.119. The Balaban J connectivity index is 0.00000256. The van der Waals surface area contributed by atoms with Crippen LogP contribution in [0, 0.1) is 0 Å². The molecule has 4 nitrogen and oxygen atoms in total. The minimum atomic E-state index is -0.147. The Morgan fingerprint density at radius 1 is 1.35 bits per heavy atom. The zero-order valence-electron chi connectivity index (χ0n) is 9.94. The van der Waals surface area contributed by atoms with Crippen LogP contribution in [0.3, 0.4) is 0 Å². The lowest BCUT2D eigenvalue weighted by Gasteiger charge is -2.06. The Kier molecular flexibility index (Phi) is 8.19. The van der Waals surface area contributed by atoms with Gasteiger partial charge in [0.25, 0.3) is 0 Å². The van der Waals surface area contributed by atoms with Gasteiger partial charge in [0.1, 0.15) is 5.75 Å². The van der Waals surface area contributed by atoms with E-state index in [2.05, 4.69) is 12.2 Å². The summed E-state index contributed by atoms with van der Waals surface area (Å²) in [5.74, 6) is 0.710. The Labute approximate surface area is 108 Å². The van der Waals surface area contributed by atoms with Crippen molar-refractivity contribution in [1.82, 2.24) is 5.32 Å². The quantitative estimate of drug-likeness (QED) is 0.812. The highest BCUT2D eigenvalue weighted by Gasteiger charge is 1.98. The molecule has 0 atom stereocenters. The highest BCUT2D eigenvalue weighted by molar-refractivity contribution is 5.85. The molecule has 1 aromatic carbocycles. The standard InChI is InChI=1S/C12H18N2O2.ClH/c1-2-7-16-11-5-3-10(4-6-11)9-14-12(15)8-13;/h3-6H,2,7-9,13H2,1H3,(H,14,15);1H. The number of carbonyl (C=O) groups excluding carboxylic acids is 1. The van der Waals surface area contributed by atoms with E-state index < -0.39 is 0 Å². The van der Waals surface area contributed by atoms with Gasteiger partial charge in [-0.05, 0) is 24.1 Å². The molecule has 0 fully saturated rings. The molecule has 0 aliphatic rings. The number of hydrogen-bond acceptors (Lipinski definition) is 3. The highest BCUT2D eigenvalue weighted by atomic mass is 35.5. The van der Waals surface area contributed by atoms with Crippen molar-refractivity contribution in [3.63, 3.8) is 0 Å².